The minimum absolute atomic E-state index is 0.702. The number of hydrogen-bond donors (Lipinski definition) is 1. The second-order valence-electron chi connectivity index (χ2n) is 1.66. The zero-order chi connectivity index (χ0) is 5.70. The van der Waals surface area contributed by atoms with Crippen LogP contribution < -0.4 is 5.73 Å². The first-order valence-electron chi connectivity index (χ1n) is 2.67. The molecule has 2 N–H and O–H groups in total. The van der Waals surface area contributed by atoms with Crippen molar-refractivity contribution in [2.75, 3.05) is 6.54 Å². The van der Waals surface area contributed by atoms with Gasteiger partial charge in [-0.2, -0.15) is 0 Å². The maximum atomic E-state index is 5.29. The van der Waals surface area contributed by atoms with Crippen LogP contribution in [-0.2, 0) is 0 Å². The lowest BCUT2D eigenvalue weighted by Gasteiger charge is -1.88. The van der Waals surface area contributed by atoms with Crippen LogP contribution in [0.4, 0.5) is 0 Å². The van der Waals surface area contributed by atoms with Gasteiger partial charge in [0, 0.05) is 6.54 Å². The van der Waals surface area contributed by atoms with E-state index in [1.807, 2.05) is 6.92 Å². The monoisotopic (exact) mass is 99.1 g/mol. The molecule has 0 aromatic carbocycles. The van der Waals surface area contributed by atoms with Gasteiger partial charge < -0.3 is 5.73 Å². The number of hydrogen-bond acceptors (Lipinski definition) is 1. The topological polar surface area (TPSA) is 26.0 Å². The lowest BCUT2D eigenvalue weighted by atomic mass is 10.2. The third kappa shape index (κ3) is 3.53. The molecule has 0 aromatic heterocycles. The number of allylic oxidation sites excluding steroid dienone is 1. The molecule has 0 aliphatic rings. The molecule has 0 fully saturated rings. The van der Waals surface area contributed by atoms with Gasteiger partial charge in [-0.05, 0) is 13.3 Å². The van der Waals surface area contributed by atoms with Crippen molar-refractivity contribution in [1.29, 1.82) is 0 Å². The van der Waals surface area contributed by atoms with Gasteiger partial charge in [0.25, 0.3) is 0 Å². The molecular formula is C6H13N. The van der Waals surface area contributed by atoms with Crippen LogP contribution in [0.2, 0.25) is 0 Å². The van der Waals surface area contributed by atoms with Crippen LogP contribution in [0.3, 0.4) is 0 Å². The molecule has 42 valence electrons. The van der Waals surface area contributed by atoms with E-state index in [4.69, 9.17) is 5.73 Å². The van der Waals surface area contributed by atoms with Gasteiger partial charge in [-0.25, -0.2) is 0 Å². The first kappa shape index (κ1) is 6.70. The van der Waals surface area contributed by atoms with Crippen molar-refractivity contribution in [2.24, 2.45) is 5.73 Å². The fourth-order valence-corrected chi connectivity index (χ4v) is 0.432. The molecule has 0 aromatic rings. The minimum Gasteiger partial charge on any atom is -0.327 e. The summed E-state index contributed by atoms with van der Waals surface area (Å²) in [6.45, 7) is 4.86. The van der Waals surface area contributed by atoms with Gasteiger partial charge in [0.05, 0.1) is 0 Å². The van der Waals surface area contributed by atoms with E-state index in [0.29, 0.717) is 6.54 Å². The molecule has 0 rings (SSSR count). The second-order valence-corrected chi connectivity index (χ2v) is 1.66. The van der Waals surface area contributed by atoms with Crippen molar-refractivity contribution >= 4 is 0 Å². The van der Waals surface area contributed by atoms with Crippen LogP contribution in [0.5, 0.6) is 0 Å². The van der Waals surface area contributed by atoms with Gasteiger partial charge in [0.1, 0.15) is 0 Å². The van der Waals surface area contributed by atoms with E-state index < -0.39 is 0 Å². The molecule has 7 heavy (non-hydrogen) atoms. The molecule has 0 saturated heterocycles. The Balaban J connectivity index is 3.29. The summed E-state index contributed by atoms with van der Waals surface area (Å²) >= 11 is 0. The number of nitrogens with two attached hydrogens (primary N) is 1. The third-order valence-corrected chi connectivity index (χ3v) is 0.875. The van der Waals surface area contributed by atoms with Crippen LogP contribution in [0.25, 0.3) is 0 Å². The summed E-state index contributed by atoms with van der Waals surface area (Å²) in [5.41, 5.74) is 6.57. The summed E-state index contributed by atoms with van der Waals surface area (Å²) in [6, 6.07) is 0. The Morgan fingerprint density at radius 1 is 1.71 bits per heavy atom. The van der Waals surface area contributed by atoms with Gasteiger partial charge in [0.2, 0.25) is 0 Å². The van der Waals surface area contributed by atoms with E-state index in [0.717, 1.165) is 6.42 Å². The highest BCUT2D eigenvalue weighted by Gasteiger charge is 1.76. The smallest absolute Gasteiger partial charge is 0.0134 e. The molecule has 0 bridgehead atoms. The highest BCUT2D eigenvalue weighted by atomic mass is 14.5. The second kappa shape index (κ2) is 3.88. The van der Waals surface area contributed by atoms with E-state index in [1.54, 1.807) is 0 Å². The van der Waals surface area contributed by atoms with Crippen LogP contribution in [0, 0.1) is 0 Å². The minimum atomic E-state index is 0.702. The Hall–Kier alpha value is -0.300. The molecule has 0 spiro atoms. The highest BCUT2D eigenvalue weighted by molar-refractivity contribution is 4.97. The predicted octanol–water partition coefficient (Wildman–Crippen LogP) is 1.30. The molecule has 0 aliphatic heterocycles. The molecule has 0 radical (unpaired) electrons. The molecule has 1 nitrogen and oxygen atoms in total. The summed E-state index contributed by atoms with van der Waals surface area (Å²) in [6.07, 6.45) is 3.24. The van der Waals surface area contributed by atoms with E-state index >= 15 is 0 Å². The fraction of sp³-hybridized carbons (Fsp3) is 0.667. The summed E-state index contributed by atoms with van der Waals surface area (Å²) < 4.78 is 0. The molecule has 0 heterocycles. The van der Waals surface area contributed by atoms with Gasteiger partial charge in [-0.15, -0.1) is 0 Å². The zero-order valence-electron chi connectivity index (χ0n) is 5.07. The van der Waals surface area contributed by atoms with Crippen molar-refractivity contribution in [3.05, 3.63) is 11.6 Å². The molecular weight excluding hydrogens is 86.1 g/mol. The highest BCUT2D eigenvalue weighted by Crippen LogP contribution is 1.89. The van der Waals surface area contributed by atoms with Gasteiger partial charge >= 0.3 is 0 Å². The lowest BCUT2D eigenvalue weighted by Crippen LogP contribution is -1.98. The van der Waals surface area contributed by atoms with Gasteiger partial charge in [0.15, 0.2) is 0 Å². The Morgan fingerprint density at radius 2 is 2.29 bits per heavy atom. The standard InChI is InChI=1S/C6H13N/c1-3-4-6(2)5-7/h4H,3,5,7H2,1-2H3. The maximum absolute atomic E-state index is 5.29. The molecule has 0 saturated carbocycles. The Kier molecular flexibility index (Phi) is 3.71. The van der Waals surface area contributed by atoms with Crippen LogP contribution in [-0.4, -0.2) is 6.54 Å². The summed E-state index contributed by atoms with van der Waals surface area (Å²) in [5, 5.41) is 0. The summed E-state index contributed by atoms with van der Waals surface area (Å²) in [7, 11) is 0. The van der Waals surface area contributed by atoms with Crippen LogP contribution in [0.15, 0.2) is 11.6 Å². The predicted molar refractivity (Wildman–Crippen MR) is 33.1 cm³/mol. The van der Waals surface area contributed by atoms with Crippen molar-refractivity contribution in [1.82, 2.24) is 0 Å². The van der Waals surface area contributed by atoms with Gasteiger partial charge in [-0.1, -0.05) is 18.6 Å². The first-order valence-corrected chi connectivity index (χ1v) is 2.67. The van der Waals surface area contributed by atoms with Crippen molar-refractivity contribution in [3.8, 4) is 0 Å². The SMILES string of the molecule is CCC=C(C)CN. The van der Waals surface area contributed by atoms with Crippen LogP contribution in [0.1, 0.15) is 20.3 Å². The molecule has 0 amide bonds. The van der Waals surface area contributed by atoms with Gasteiger partial charge in [-0.3, -0.25) is 0 Å². The quantitative estimate of drug-likeness (QED) is 0.519. The Labute approximate surface area is 45.2 Å². The average molecular weight is 99.2 g/mol. The van der Waals surface area contributed by atoms with E-state index in [9.17, 15) is 0 Å². The molecule has 0 aliphatic carbocycles. The number of rotatable bonds is 2. The van der Waals surface area contributed by atoms with Crippen molar-refractivity contribution < 1.29 is 0 Å². The average Bonchev–Trinajstić information content (AvgIpc) is 1.68. The largest absolute Gasteiger partial charge is 0.327 e. The fourth-order valence-electron chi connectivity index (χ4n) is 0.432. The van der Waals surface area contributed by atoms with E-state index in [2.05, 4.69) is 13.0 Å². The summed E-state index contributed by atoms with van der Waals surface area (Å²) in [4.78, 5) is 0. The maximum Gasteiger partial charge on any atom is 0.0134 e. The Morgan fingerprint density at radius 3 is 2.43 bits per heavy atom. The van der Waals surface area contributed by atoms with Crippen molar-refractivity contribution in [3.63, 3.8) is 0 Å². The first-order chi connectivity index (χ1) is 3.31. The summed E-state index contributed by atoms with van der Waals surface area (Å²) in [5.74, 6) is 0. The molecule has 0 unspecified atom stereocenters. The molecule has 0 atom stereocenters. The third-order valence-electron chi connectivity index (χ3n) is 0.875. The van der Waals surface area contributed by atoms with E-state index in [1.165, 1.54) is 5.57 Å². The molecule has 1 heteroatoms. The van der Waals surface area contributed by atoms with Crippen LogP contribution >= 0.6 is 0 Å². The normalized spacial score (nSPS) is 12.1. The van der Waals surface area contributed by atoms with E-state index in [-0.39, 0.29) is 0 Å². The zero-order valence-corrected chi connectivity index (χ0v) is 5.07. The van der Waals surface area contributed by atoms with Crippen molar-refractivity contribution in [2.45, 2.75) is 20.3 Å². The Bertz CT molecular complexity index is 64.6. The lowest BCUT2D eigenvalue weighted by molar-refractivity contribution is 1.09.